The summed E-state index contributed by atoms with van der Waals surface area (Å²) in [6.45, 7) is 5.14. The molecule has 1 fully saturated rings. The van der Waals surface area contributed by atoms with Gasteiger partial charge in [-0.15, -0.1) is 0 Å². The molecule has 0 unspecified atom stereocenters. The standard InChI is InChI=1S/C22H23FN2O2S/c1-3-5-13-27-17-10-8-9-16(14-17)15-20-21(26)25(4-2)22(28-20)24-19-12-7-6-11-18(19)23/h6-12,14-15H,3-5,13H2,1-2H3/b20-15+,24-22?. The van der Waals surface area contributed by atoms with Crippen LogP contribution in [0, 0.1) is 5.82 Å². The Hall–Kier alpha value is -2.60. The lowest BCUT2D eigenvalue weighted by molar-refractivity contribution is -0.122. The predicted molar refractivity (Wildman–Crippen MR) is 113 cm³/mol. The van der Waals surface area contributed by atoms with Gasteiger partial charge in [0.05, 0.1) is 11.5 Å². The van der Waals surface area contributed by atoms with Gasteiger partial charge in [-0.1, -0.05) is 37.6 Å². The number of ether oxygens (including phenoxy) is 1. The number of amides is 1. The van der Waals surface area contributed by atoms with E-state index in [4.69, 9.17) is 4.74 Å². The molecular formula is C22H23FN2O2S. The summed E-state index contributed by atoms with van der Waals surface area (Å²) in [7, 11) is 0. The predicted octanol–water partition coefficient (Wildman–Crippen LogP) is 5.63. The molecule has 2 aromatic rings. The van der Waals surface area contributed by atoms with Crippen LogP contribution in [0.1, 0.15) is 32.3 Å². The minimum absolute atomic E-state index is 0.125. The topological polar surface area (TPSA) is 41.9 Å². The van der Waals surface area contributed by atoms with Gasteiger partial charge in [0.1, 0.15) is 17.3 Å². The maximum absolute atomic E-state index is 13.9. The fourth-order valence-electron chi connectivity index (χ4n) is 2.70. The molecule has 3 rings (SSSR count). The number of carbonyl (C=O) groups excluding carboxylic acids is 1. The summed E-state index contributed by atoms with van der Waals surface area (Å²) in [6, 6.07) is 14.0. The first-order valence-electron chi connectivity index (χ1n) is 9.40. The van der Waals surface area contributed by atoms with Gasteiger partial charge in [-0.25, -0.2) is 9.38 Å². The van der Waals surface area contributed by atoms with E-state index in [2.05, 4.69) is 11.9 Å². The van der Waals surface area contributed by atoms with Gasteiger partial charge < -0.3 is 4.74 Å². The average Bonchev–Trinajstić information content (AvgIpc) is 2.98. The zero-order valence-electron chi connectivity index (χ0n) is 16.0. The van der Waals surface area contributed by atoms with Crippen molar-refractivity contribution in [1.29, 1.82) is 0 Å². The van der Waals surface area contributed by atoms with Crippen molar-refractivity contribution in [1.82, 2.24) is 4.90 Å². The van der Waals surface area contributed by atoms with Gasteiger partial charge in [0, 0.05) is 6.54 Å². The van der Waals surface area contributed by atoms with Crippen LogP contribution >= 0.6 is 11.8 Å². The summed E-state index contributed by atoms with van der Waals surface area (Å²) in [5.74, 6) is 0.249. The molecule has 0 aromatic heterocycles. The molecule has 0 N–H and O–H groups in total. The molecule has 1 saturated heterocycles. The number of unbranched alkanes of at least 4 members (excludes halogenated alkanes) is 1. The summed E-state index contributed by atoms with van der Waals surface area (Å²) < 4.78 is 19.7. The Labute approximate surface area is 169 Å². The second-order valence-electron chi connectivity index (χ2n) is 6.28. The van der Waals surface area contributed by atoms with E-state index in [1.54, 1.807) is 23.1 Å². The summed E-state index contributed by atoms with van der Waals surface area (Å²) in [5, 5.41) is 0.485. The van der Waals surface area contributed by atoms with Crippen LogP contribution in [0.15, 0.2) is 58.4 Å². The van der Waals surface area contributed by atoms with Crippen molar-refractivity contribution in [2.24, 2.45) is 4.99 Å². The number of aliphatic imine (C=N–C) groups is 1. The zero-order chi connectivity index (χ0) is 19.9. The van der Waals surface area contributed by atoms with E-state index in [9.17, 15) is 9.18 Å². The Kier molecular flexibility index (Phi) is 6.87. The molecule has 6 heteroatoms. The molecule has 28 heavy (non-hydrogen) atoms. The number of para-hydroxylation sites is 1. The third kappa shape index (κ3) is 4.81. The second-order valence-corrected chi connectivity index (χ2v) is 7.29. The molecule has 0 aliphatic carbocycles. The first-order chi connectivity index (χ1) is 13.6. The maximum atomic E-state index is 13.9. The number of amidine groups is 1. The van der Waals surface area contributed by atoms with Gasteiger partial charge in [-0.2, -0.15) is 0 Å². The van der Waals surface area contributed by atoms with Gasteiger partial charge in [-0.3, -0.25) is 9.69 Å². The Morgan fingerprint density at radius 1 is 1.18 bits per heavy atom. The molecule has 1 aliphatic rings. The molecule has 0 bridgehead atoms. The number of hydrogen-bond donors (Lipinski definition) is 0. The number of halogens is 1. The van der Waals surface area contributed by atoms with Crippen LogP contribution in [0.2, 0.25) is 0 Å². The molecule has 0 saturated carbocycles. The van der Waals surface area contributed by atoms with Gasteiger partial charge in [0.2, 0.25) is 0 Å². The lowest BCUT2D eigenvalue weighted by atomic mass is 10.2. The number of rotatable bonds is 7. The summed E-state index contributed by atoms with van der Waals surface area (Å²) in [5.41, 5.74) is 1.11. The van der Waals surface area contributed by atoms with Crippen molar-refractivity contribution in [3.63, 3.8) is 0 Å². The van der Waals surface area contributed by atoms with Crippen molar-refractivity contribution in [2.75, 3.05) is 13.2 Å². The molecule has 146 valence electrons. The van der Waals surface area contributed by atoms with Gasteiger partial charge in [0.25, 0.3) is 5.91 Å². The maximum Gasteiger partial charge on any atom is 0.266 e. The summed E-state index contributed by atoms with van der Waals surface area (Å²) in [4.78, 5) is 19.2. The second kappa shape index (κ2) is 9.55. The number of benzene rings is 2. The Bertz CT molecular complexity index is 911. The molecule has 1 heterocycles. The molecule has 0 radical (unpaired) electrons. The van der Waals surface area contributed by atoms with Crippen LogP contribution in [0.4, 0.5) is 10.1 Å². The smallest absolute Gasteiger partial charge is 0.266 e. The molecule has 2 aromatic carbocycles. The third-order valence-electron chi connectivity index (χ3n) is 4.20. The number of hydrogen-bond acceptors (Lipinski definition) is 4. The Balaban J connectivity index is 1.84. The fourth-order valence-corrected chi connectivity index (χ4v) is 3.75. The first kappa shape index (κ1) is 20.1. The van der Waals surface area contributed by atoms with E-state index in [0.717, 1.165) is 24.2 Å². The average molecular weight is 399 g/mol. The van der Waals surface area contributed by atoms with E-state index < -0.39 is 5.82 Å². The summed E-state index contributed by atoms with van der Waals surface area (Å²) in [6.07, 6.45) is 3.90. The molecular weight excluding hydrogens is 375 g/mol. The quantitative estimate of drug-likeness (QED) is 0.448. The van der Waals surface area contributed by atoms with Crippen LogP contribution in [0.3, 0.4) is 0 Å². The number of carbonyl (C=O) groups is 1. The lowest BCUT2D eigenvalue weighted by Gasteiger charge is -2.12. The van der Waals surface area contributed by atoms with Gasteiger partial charge >= 0.3 is 0 Å². The van der Waals surface area contributed by atoms with Gasteiger partial charge in [0.15, 0.2) is 5.17 Å². The van der Waals surface area contributed by atoms with Crippen LogP contribution in [-0.4, -0.2) is 29.1 Å². The van der Waals surface area contributed by atoms with Crippen LogP contribution in [0.25, 0.3) is 6.08 Å². The van der Waals surface area contributed by atoms with Crippen LogP contribution in [-0.2, 0) is 4.79 Å². The Morgan fingerprint density at radius 2 is 2.00 bits per heavy atom. The minimum Gasteiger partial charge on any atom is -0.494 e. The van der Waals surface area contributed by atoms with Crippen molar-refractivity contribution in [2.45, 2.75) is 26.7 Å². The van der Waals surface area contributed by atoms with Crippen molar-refractivity contribution >= 4 is 34.6 Å². The molecule has 4 nitrogen and oxygen atoms in total. The highest BCUT2D eigenvalue weighted by Crippen LogP contribution is 2.34. The molecule has 0 atom stereocenters. The van der Waals surface area contributed by atoms with E-state index in [-0.39, 0.29) is 11.6 Å². The van der Waals surface area contributed by atoms with Crippen molar-refractivity contribution < 1.29 is 13.9 Å². The van der Waals surface area contributed by atoms with E-state index >= 15 is 0 Å². The first-order valence-corrected chi connectivity index (χ1v) is 10.2. The molecule has 0 spiro atoms. The molecule has 1 amide bonds. The number of likely N-dealkylation sites (N-methyl/N-ethyl adjacent to an activating group) is 1. The highest BCUT2D eigenvalue weighted by Gasteiger charge is 2.32. The fraction of sp³-hybridized carbons (Fsp3) is 0.273. The monoisotopic (exact) mass is 398 g/mol. The van der Waals surface area contributed by atoms with Crippen molar-refractivity contribution in [3.05, 3.63) is 64.8 Å². The van der Waals surface area contributed by atoms with E-state index in [1.165, 1.54) is 17.8 Å². The van der Waals surface area contributed by atoms with Gasteiger partial charge in [-0.05, 0) is 61.0 Å². The number of nitrogens with zero attached hydrogens (tertiary/aromatic N) is 2. The largest absolute Gasteiger partial charge is 0.494 e. The van der Waals surface area contributed by atoms with Crippen molar-refractivity contribution in [3.8, 4) is 5.75 Å². The third-order valence-corrected chi connectivity index (χ3v) is 5.20. The highest BCUT2D eigenvalue weighted by atomic mass is 32.2. The van der Waals surface area contributed by atoms with Crippen LogP contribution < -0.4 is 4.74 Å². The highest BCUT2D eigenvalue weighted by molar-refractivity contribution is 8.18. The summed E-state index contributed by atoms with van der Waals surface area (Å²) >= 11 is 1.26. The number of thioether (sulfide) groups is 1. The van der Waals surface area contributed by atoms with Crippen LogP contribution in [0.5, 0.6) is 5.75 Å². The molecule has 1 aliphatic heterocycles. The minimum atomic E-state index is -0.409. The lowest BCUT2D eigenvalue weighted by Crippen LogP contribution is -2.28. The van der Waals surface area contributed by atoms with E-state index in [1.807, 2.05) is 37.3 Å². The SMILES string of the molecule is CCCCOc1cccc(/C=C2/SC(=Nc3ccccc3F)N(CC)C2=O)c1. The normalized spacial score (nSPS) is 17.0. The zero-order valence-corrected chi connectivity index (χ0v) is 16.8. The van der Waals surface area contributed by atoms with E-state index in [0.29, 0.717) is 23.2 Å². The Morgan fingerprint density at radius 3 is 2.75 bits per heavy atom.